The van der Waals surface area contributed by atoms with Crippen LogP contribution in [0.25, 0.3) is 0 Å². The van der Waals surface area contributed by atoms with Crippen molar-refractivity contribution in [3.05, 3.63) is 23.3 Å². The van der Waals surface area contributed by atoms with E-state index in [1.165, 1.54) is 0 Å². The Morgan fingerprint density at radius 3 is 1.95 bits per heavy atom. The molecule has 1 aromatic carbocycles. The molecule has 0 heterocycles. The highest BCUT2D eigenvalue weighted by molar-refractivity contribution is 6.04. The zero-order valence-electron chi connectivity index (χ0n) is 10.6. The first-order valence-electron chi connectivity index (χ1n) is 5.33. The molecule has 0 aliphatic carbocycles. The van der Waals surface area contributed by atoms with Crippen molar-refractivity contribution in [1.29, 1.82) is 0 Å². The van der Waals surface area contributed by atoms with E-state index in [0.717, 1.165) is 26.0 Å². The van der Waals surface area contributed by atoms with Gasteiger partial charge < -0.3 is 20.3 Å². The summed E-state index contributed by atoms with van der Waals surface area (Å²) in [5, 5.41) is 20.2. The van der Waals surface area contributed by atoms with Crippen LogP contribution in [0.4, 0.5) is 5.69 Å². The molecule has 0 fully saturated rings. The van der Waals surface area contributed by atoms with Crippen LogP contribution in [-0.4, -0.2) is 34.0 Å². The van der Waals surface area contributed by atoms with Crippen LogP contribution in [0.3, 0.4) is 0 Å². The number of esters is 1. The van der Waals surface area contributed by atoms with Crippen LogP contribution in [0.5, 0.6) is 5.75 Å². The highest BCUT2D eigenvalue weighted by Gasteiger charge is 2.21. The van der Waals surface area contributed by atoms with Crippen LogP contribution in [-0.2, 0) is 9.59 Å². The van der Waals surface area contributed by atoms with Gasteiger partial charge in [-0.1, -0.05) is 0 Å². The lowest BCUT2D eigenvalue weighted by Crippen LogP contribution is -2.14. The van der Waals surface area contributed by atoms with E-state index < -0.39 is 34.9 Å². The second-order valence-electron chi connectivity index (χ2n) is 3.78. The maximum atomic E-state index is 11.1. The lowest BCUT2D eigenvalue weighted by Gasteiger charge is -2.12. The number of benzene rings is 1. The average molecular weight is 281 g/mol. The first kappa shape index (κ1) is 15.2. The van der Waals surface area contributed by atoms with Gasteiger partial charge in [0.2, 0.25) is 5.91 Å². The van der Waals surface area contributed by atoms with Gasteiger partial charge in [0, 0.05) is 19.9 Å². The number of hydrogen-bond acceptors (Lipinski definition) is 5. The summed E-state index contributed by atoms with van der Waals surface area (Å²) in [6, 6.07) is 1.80. The Morgan fingerprint density at radius 1 is 1.00 bits per heavy atom. The standard InChI is InChI=1S/C12H11NO7/c1-5(14)13-9-4-10(20-6(2)15)8(12(18)19)3-7(9)11(16)17/h3-4H,1-2H3,(H,13,14)(H,16,17)(H,18,19). The van der Waals surface area contributed by atoms with Crippen LogP contribution in [0.15, 0.2) is 12.1 Å². The van der Waals surface area contributed by atoms with Crippen molar-refractivity contribution in [2.24, 2.45) is 0 Å². The number of aromatic carboxylic acids is 2. The summed E-state index contributed by atoms with van der Waals surface area (Å²) in [7, 11) is 0. The second kappa shape index (κ2) is 5.83. The quantitative estimate of drug-likeness (QED) is 0.553. The predicted molar refractivity (Wildman–Crippen MR) is 66.0 cm³/mol. The highest BCUT2D eigenvalue weighted by atomic mass is 16.5. The molecule has 0 aromatic heterocycles. The molecule has 3 N–H and O–H groups in total. The van der Waals surface area contributed by atoms with E-state index in [4.69, 9.17) is 14.9 Å². The average Bonchev–Trinajstić information content (AvgIpc) is 2.26. The molecule has 0 radical (unpaired) electrons. The fourth-order valence-corrected chi connectivity index (χ4v) is 1.46. The van der Waals surface area contributed by atoms with Gasteiger partial charge in [-0.3, -0.25) is 9.59 Å². The van der Waals surface area contributed by atoms with Crippen molar-refractivity contribution >= 4 is 29.5 Å². The van der Waals surface area contributed by atoms with Crippen molar-refractivity contribution in [2.45, 2.75) is 13.8 Å². The normalized spacial score (nSPS) is 9.70. The van der Waals surface area contributed by atoms with Crippen molar-refractivity contribution < 1.29 is 34.1 Å². The van der Waals surface area contributed by atoms with Crippen LogP contribution in [0, 0.1) is 0 Å². The van der Waals surface area contributed by atoms with E-state index in [1.807, 2.05) is 0 Å². The van der Waals surface area contributed by atoms with Crippen LogP contribution in [0.1, 0.15) is 34.6 Å². The van der Waals surface area contributed by atoms with Crippen LogP contribution >= 0.6 is 0 Å². The molecule has 1 rings (SSSR count). The van der Waals surface area contributed by atoms with E-state index in [1.54, 1.807) is 0 Å². The molecule has 0 saturated heterocycles. The summed E-state index contributed by atoms with van der Waals surface area (Å²) in [4.78, 5) is 44.0. The topological polar surface area (TPSA) is 130 Å². The molecule has 20 heavy (non-hydrogen) atoms. The SMILES string of the molecule is CC(=O)Nc1cc(OC(C)=O)c(C(=O)O)cc1C(=O)O. The molecule has 0 aliphatic rings. The predicted octanol–water partition coefficient (Wildman–Crippen LogP) is 0.967. The number of carboxylic acid groups (broad SMARTS) is 2. The molecule has 8 heteroatoms. The zero-order valence-corrected chi connectivity index (χ0v) is 10.6. The number of ether oxygens (including phenoxy) is 1. The second-order valence-corrected chi connectivity index (χ2v) is 3.78. The monoisotopic (exact) mass is 281 g/mol. The number of carbonyl (C=O) groups excluding carboxylic acids is 2. The first-order valence-corrected chi connectivity index (χ1v) is 5.33. The Balaban J connectivity index is 3.50. The first-order chi connectivity index (χ1) is 9.22. The molecule has 8 nitrogen and oxygen atoms in total. The fourth-order valence-electron chi connectivity index (χ4n) is 1.46. The Labute approximate surface area is 113 Å². The number of carboxylic acids is 2. The van der Waals surface area contributed by atoms with Gasteiger partial charge in [0.05, 0.1) is 11.3 Å². The molecule has 0 bridgehead atoms. The molecular weight excluding hydrogens is 270 g/mol. The molecule has 0 aliphatic heterocycles. The summed E-state index contributed by atoms with van der Waals surface area (Å²) in [5.74, 6) is -4.56. The van der Waals surface area contributed by atoms with E-state index in [-0.39, 0.29) is 11.4 Å². The Bertz CT molecular complexity index is 557. The number of amides is 1. The highest BCUT2D eigenvalue weighted by Crippen LogP contribution is 2.28. The zero-order chi connectivity index (χ0) is 15.4. The largest absolute Gasteiger partial charge is 0.478 e. The van der Waals surface area contributed by atoms with Crippen molar-refractivity contribution in [2.75, 3.05) is 5.32 Å². The fraction of sp³-hybridized carbons (Fsp3) is 0.167. The van der Waals surface area contributed by atoms with Gasteiger partial charge in [-0.05, 0) is 6.07 Å². The Morgan fingerprint density at radius 2 is 1.55 bits per heavy atom. The van der Waals surface area contributed by atoms with Gasteiger partial charge in [0.25, 0.3) is 0 Å². The van der Waals surface area contributed by atoms with E-state index in [9.17, 15) is 19.2 Å². The van der Waals surface area contributed by atoms with Gasteiger partial charge in [0.15, 0.2) is 0 Å². The molecule has 1 amide bonds. The summed E-state index contributed by atoms with van der Waals surface area (Å²) < 4.78 is 4.70. The minimum Gasteiger partial charge on any atom is -0.478 e. The molecule has 0 atom stereocenters. The third kappa shape index (κ3) is 3.55. The van der Waals surface area contributed by atoms with E-state index >= 15 is 0 Å². The maximum Gasteiger partial charge on any atom is 0.339 e. The van der Waals surface area contributed by atoms with Crippen molar-refractivity contribution in [3.63, 3.8) is 0 Å². The summed E-state index contributed by atoms with van der Waals surface area (Å²) in [6.45, 7) is 2.22. The number of hydrogen-bond donors (Lipinski definition) is 3. The number of anilines is 1. The maximum absolute atomic E-state index is 11.1. The number of rotatable bonds is 4. The molecule has 0 spiro atoms. The molecule has 0 saturated carbocycles. The Kier molecular flexibility index (Phi) is 4.42. The third-order valence-electron chi connectivity index (χ3n) is 2.14. The number of nitrogens with one attached hydrogen (secondary N) is 1. The minimum atomic E-state index is -1.46. The minimum absolute atomic E-state index is 0.161. The molecular formula is C12H11NO7. The van der Waals surface area contributed by atoms with Crippen molar-refractivity contribution in [1.82, 2.24) is 0 Å². The van der Waals surface area contributed by atoms with Crippen LogP contribution < -0.4 is 10.1 Å². The summed E-state index contributed by atoms with van der Waals surface area (Å²) >= 11 is 0. The van der Waals surface area contributed by atoms with E-state index in [0.29, 0.717) is 0 Å². The molecule has 1 aromatic rings. The lowest BCUT2D eigenvalue weighted by atomic mass is 10.1. The smallest absolute Gasteiger partial charge is 0.339 e. The third-order valence-corrected chi connectivity index (χ3v) is 2.14. The molecule has 0 unspecified atom stereocenters. The van der Waals surface area contributed by atoms with E-state index in [2.05, 4.69) is 5.32 Å². The molecule has 106 valence electrons. The summed E-state index contributed by atoms with van der Waals surface area (Å²) in [6.07, 6.45) is 0. The summed E-state index contributed by atoms with van der Waals surface area (Å²) in [5.41, 5.74) is -1.08. The van der Waals surface area contributed by atoms with Gasteiger partial charge >= 0.3 is 17.9 Å². The van der Waals surface area contributed by atoms with Crippen LogP contribution in [0.2, 0.25) is 0 Å². The number of carbonyl (C=O) groups is 4. The Hall–Kier alpha value is -2.90. The van der Waals surface area contributed by atoms with Gasteiger partial charge in [-0.2, -0.15) is 0 Å². The van der Waals surface area contributed by atoms with Crippen molar-refractivity contribution in [3.8, 4) is 5.75 Å². The lowest BCUT2D eigenvalue weighted by molar-refractivity contribution is -0.131. The van der Waals surface area contributed by atoms with Gasteiger partial charge in [-0.25, -0.2) is 9.59 Å². The van der Waals surface area contributed by atoms with Gasteiger partial charge in [-0.15, -0.1) is 0 Å². The van der Waals surface area contributed by atoms with Gasteiger partial charge in [0.1, 0.15) is 11.3 Å².